The molecule has 4 nitrogen and oxygen atoms in total. The zero-order valence-corrected chi connectivity index (χ0v) is 7.91. The van der Waals surface area contributed by atoms with Crippen molar-refractivity contribution in [2.75, 3.05) is 18.9 Å². The van der Waals surface area contributed by atoms with Crippen molar-refractivity contribution in [3.05, 3.63) is 30.3 Å². The molecular weight excluding hydrogens is 180 g/mol. The normalized spacial score (nSPS) is 9.21. The predicted octanol–water partition coefficient (Wildman–Crippen LogP) is 0.414. The Kier molecular flexibility index (Phi) is 3.67. The van der Waals surface area contributed by atoms with E-state index >= 15 is 0 Å². The van der Waals surface area contributed by atoms with Crippen LogP contribution in [0.5, 0.6) is 0 Å². The summed E-state index contributed by atoms with van der Waals surface area (Å²) in [4.78, 5) is 21.9. The molecule has 1 amide bonds. The lowest BCUT2D eigenvalue weighted by Crippen LogP contribution is -2.32. The van der Waals surface area contributed by atoms with Gasteiger partial charge in [0.25, 0.3) is 5.91 Å². The number of likely N-dealkylation sites (N-methyl/N-ethyl adjacent to an activating group) is 1. The molecule has 0 saturated heterocycles. The van der Waals surface area contributed by atoms with Crippen LogP contribution in [-0.4, -0.2) is 25.3 Å². The molecule has 0 bridgehead atoms. The van der Waals surface area contributed by atoms with E-state index in [1.807, 2.05) is 30.3 Å². The molecule has 0 aliphatic heterocycles. The highest BCUT2D eigenvalue weighted by Gasteiger charge is 2.09. The van der Waals surface area contributed by atoms with E-state index in [2.05, 4.69) is 10.6 Å². The van der Waals surface area contributed by atoms with Gasteiger partial charge in [0.05, 0.1) is 6.54 Å². The number of carbonyl (C=O) groups excluding carboxylic acids is 2. The van der Waals surface area contributed by atoms with Gasteiger partial charge in [-0.05, 0) is 12.1 Å². The largest absolute Gasteiger partial charge is 0.377 e. The first-order valence-corrected chi connectivity index (χ1v) is 4.28. The zero-order chi connectivity index (χ0) is 10.4. The molecule has 0 unspecified atom stereocenters. The molecular formula is C10H12N2O2. The van der Waals surface area contributed by atoms with E-state index in [0.29, 0.717) is 0 Å². The molecule has 0 aliphatic rings. The molecule has 2 N–H and O–H groups in total. The Bertz CT molecular complexity index is 322. The summed E-state index contributed by atoms with van der Waals surface area (Å²) < 4.78 is 0. The van der Waals surface area contributed by atoms with Gasteiger partial charge in [-0.1, -0.05) is 18.2 Å². The van der Waals surface area contributed by atoms with Crippen LogP contribution in [0.1, 0.15) is 0 Å². The lowest BCUT2D eigenvalue weighted by atomic mass is 10.3. The standard InChI is InChI=1S/C10H12N2O2/c1-11-10(14)9(13)7-12-8-5-3-2-4-6-8/h2-6,12H,7H2,1H3,(H,11,14). The quantitative estimate of drug-likeness (QED) is 0.679. The van der Waals surface area contributed by atoms with Gasteiger partial charge in [0.15, 0.2) is 0 Å². The van der Waals surface area contributed by atoms with Crippen LogP contribution in [-0.2, 0) is 9.59 Å². The Hall–Kier alpha value is -1.84. The minimum absolute atomic E-state index is 0.0175. The number of hydrogen-bond acceptors (Lipinski definition) is 3. The van der Waals surface area contributed by atoms with Gasteiger partial charge in [0, 0.05) is 12.7 Å². The first-order valence-electron chi connectivity index (χ1n) is 4.28. The van der Waals surface area contributed by atoms with Crippen molar-refractivity contribution >= 4 is 17.4 Å². The maximum atomic E-state index is 11.1. The molecule has 0 spiro atoms. The number of rotatable bonds is 4. The molecule has 0 aliphatic carbocycles. The van der Waals surface area contributed by atoms with Gasteiger partial charge < -0.3 is 10.6 Å². The molecule has 0 heterocycles. The highest BCUT2D eigenvalue weighted by molar-refractivity contribution is 6.37. The van der Waals surface area contributed by atoms with Crippen LogP contribution < -0.4 is 10.6 Å². The number of amides is 1. The maximum absolute atomic E-state index is 11.1. The Balaban J connectivity index is 2.42. The van der Waals surface area contributed by atoms with E-state index < -0.39 is 11.7 Å². The number of ketones is 1. The van der Waals surface area contributed by atoms with Gasteiger partial charge in [-0.3, -0.25) is 9.59 Å². The van der Waals surface area contributed by atoms with Crippen LogP contribution in [0.15, 0.2) is 30.3 Å². The number of Topliss-reactive ketones (excluding diaryl/α,β-unsaturated/α-hetero) is 1. The average Bonchev–Trinajstić information content (AvgIpc) is 2.26. The molecule has 0 radical (unpaired) electrons. The SMILES string of the molecule is CNC(=O)C(=O)CNc1ccccc1. The van der Waals surface area contributed by atoms with E-state index in [1.165, 1.54) is 7.05 Å². The summed E-state index contributed by atoms with van der Waals surface area (Å²) in [6.07, 6.45) is 0. The summed E-state index contributed by atoms with van der Waals surface area (Å²) in [5.41, 5.74) is 0.824. The predicted molar refractivity (Wildman–Crippen MR) is 54.0 cm³/mol. The first-order chi connectivity index (χ1) is 6.74. The first kappa shape index (κ1) is 10.2. The maximum Gasteiger partial charge on any atom is 0.289 e. The second kappa shape index (κ2) is 5.01. The molecule has 0 aromatic heterocycles. The van der Waals surface area contributed by atoms with Crippen LogP contribution in [0.4, 0.5) is 5.69 Å². The van der Waals surface area contributed by atoms with Crippen molar-refractivity contribution in [1.82, 2.24) is 5.32 Å². The van der Waals surface area contributed by atoms with Crippen molar-refractivity contribution in [1.29, 1.82) is 0 Å². The van der Waals surface area contributed by atoms with Crippen LogP contribution in [0.25, 0.3) is 0 Å². The fourth-order valence-electron chi connectivity index (χ4n) is 0.958. The fourth-order valence-corrected chi connectivity index (χ4v) is 0.958. The average molecular weight is 192 g/mol. The Morgan fingerprint density at radius 2 is 1.86 bits per heavy atom. The molecule has 74 valence electrons. The van der Waals surface area contributed by atoms with Gasteiger partial charge >= 0.3 is 0 Å². The van der Waals surface area contributed by atoms with Gasteiger partial charge in [0.2, 0.25) is 5.78 Å². The number of para-hydroxylation sites is 1. The highest BCUT2D eigenvalue weighted by atomic mass is 16.2. The second-order valence-electron chi connectivity index (χ2n) is 2.72. The van der Waals surface area contributed by atoms with Crippen LogP contribution in [0, 0.1) is 0 Å². The van der Waals surface area contributed by atoms with Crippen LogP contribution >= 0.6 is 0 Å². The summed E-state index contributed by atoms with van der Waals surface area (Å²) in [7, 11) is 1.43. The number of carbonyl (C=O) groups is 2. The van der Waals surface area contributed by atoms with Crippen LogP contribution in [0.2, 0.25) is 0 Å². The topological polar surface area (TPSA) is 58.2 Å². The second-order valence-corrected chi connectivity index (χ2v) is 2.72. The smallest absolute Gasteiger partial charge is 0.289 e. The van der Waals surface area contributed by atoms with Gasteiger partial charge in [-0.25, -0.2) is 0 Å². The summed E-state index contributed by atoms with van der Waals surface area (Å²) >= 11 is 0. The third kappa shape index (κ3) is 2.90. The van der Waals surface area contributed by atoms with E-state index in [9.17, 15) is 9.59 Å². The third-order valence-corrected chi connectivity index (χ3v) is 1.71. The molecule has 4 heteroatoms. The molecule has 1 aromatic rings. The molecule has 0 saturated carbocycles. The summed E-state index contributed by atoms with van der Waals surface area (Å²) in [6.45, 7) is 0.0175. The Morgan fingerprint density at radius 3 is 2.43 bits per heavy atom. The zero-order valence-electron chi connectivity index (χ0n) is 7.91. The van der Waals surface area contributed by atoms with Crippen molar-refractivity contribution in [2.45, 2.75) is 0 Å². The highest BCUT2D eigenvalue weighted by Crippen LogP contribution is 2.03. The molecule has 0 fully saturated rings. The molecule has 0 atom stereocenters. The number of benzene rings is 1. The van der Waals surface area contributed by atoms with E-state index in [4.69, 9.17) is 0 Å². The van der Waals surface area contributed by atoms with E-state index in [0.717, 1.165) is 5.69 Å². The van der Waals surface area contributed by atoms with Crippen molar-refractivity contribution in [3.63, 3.8) is 0 Å². The number of anilines is 1. The van der Waals surface area contributed by atoms with Crippen LogP contribution in [0.3, 0.4) is 0 Å². The Morgan fingerprint density at radius 1 is 1.21 bits per heavy atom. The lowest BCUT2D eigenvalue weighted by Gasteiger charge is -2.03. The fraction of sp³-hybridized carbons (Fsp3) is 0.200. The van der Waals surface area contributed by atoms with Gasteiger partial charge in [0.1, 0.15) is 0 Å². The van der Waals surface area contributed by atoms with E-state index in [-0.39, 0.29) is 6.54 Å². The molecule has 14 heavy (non-hydrogen) atoms. The minimum Gasteiger partial charge on any atom is -0.377 e. The van der Waals surface area contributed by atoms with Gasteiger partial charge in [-0.2, -0.15) is 0 Å². The summed E-state index contributed by atoms with van der Waals surface area (Å²) in [6, 6.07) is 9.25. The monoisotopic (exact) mass is 192 g/mol. The summed E-state index contributed by atoms with van der Waals surface area (Å²) in [5.74, 6) is -1.05. The molecule has 1 rings (SSSR count). The minimum atomic E-state index is -0.576. The van der Waals surface area contributed by atoms with E-state index in [1.54, 1.807) is 0 Å². The lowest BCUT2D eigenvalue weighted by molar-refractivity contribution is -0.136. The number of nitrogens with one attached hydrogen (secondary N) is 2. The van der Waals surface area contributed by atoms with Crippen molar-refractivity contribution < 1.29 is 9.59 Å². The third-order valence-electron chi connectivity index (χ3n) is 1.71. The number of hydrogen-bond donors (Lipinski definition) is 2. The van der Waals surface area contributed by atoms with Crippen molar-refractivity contribution in [3.8, 4) is 0 Å². The molecule has 1 aromatic carbocycles. The van der Waals surface area contributed by atoms with Crippen molar-refractivity contribution in [2.24, 2.45) is 0 Å². The summed E-state index contributed by atoms with van der Waals surface area (Å²) in [5, 5.41) is 5.12. The van der Waals surface area contributed by atoms with Gasteiger partial charge in [-0.15, -0.1) is 0 Å². The Labute approximate surface area is 82.3 Å².